The zero-order valence-electron chi connectivity index (χ0n) is 24.2. The van der Waals surface area contributed by atoms with Crippen molar-refractivity contribution >= 4 is 39.3 Å². The first-order valence-corrected chi connectivity index (χ1v) is 14.7. The minimum absolute atomic E-state index is 0.0224. The van der Waals surface area contributed by atoms with Crippen molar-refractivity contribution < 1.29 is 14.4 Å². The van der Waals surface area contributed by atoms with E-state index in [2.05, 4.69) is 54.5 Å². The Morgan fingerprint density at radius 3 is 2.44 bits per heavy atom. The van der Waals surface area contributed by atoms with Gasteiger partial charge in [-0.2, -0.15) is 0 Å². The number of hydrogen-bond donors (Lipinski definition) is 1. The van der Waals surface area contributed by atoms with Crippen LogP contribution in [0.2, 0.25) is 0 Å². The first-order chi connectivity index (χ1) is 19.8. The fourth-order valence-electron chi connectivity index (χ4n) is 6.28. The Bertz CT molecular complexity index is 1560. The van der Waals surface area contributed by atoms with E-state index in [1.54, 1.807) is 18.1 Å². The molecule has 5 rings (SSSR count). The van der Waals surface area contributed by atoms with Crippen LogP contribution in [0.25, 0.3) is 21.7 Å². The zero-order valence-corrected chi connectivity index (χ0v) is 24.2. The maximum atomic E-state index is 14.0. The molecule has 0 spiro atoms. The first kappa shape index (κ1) is 28.5. The average Bonchev–Trinajstić information content (AvgIpc) is 2.98. The second-order valence-corrected chi connectivity index (χ2v) is 11.7. The number of fused-ring (bicyclic) bond motifs is 2. The fourth-order valence-corrected chi connectivity index (χ4v) is 6.28. The van der Waals surface area contributed by atoms with Gasteiger partial charge in [-0.3, -0.25) is 19.4 Å². The van der Waals surface area contributed by atoms with E-state index >= 15 is 0 Å². The van der Waals surface area contributed by atoms with E-state index in [-0.39, 0.29) is 36.0 Å². The molecular formula is C35H39N3O3. The van der Waals surface area contributed by atoms with Crippen LogP contribution < -0.4 is 5.32 Å². The van der Waals surface area contributed by atoms with Gasteiger partial charge in [0.15, 0.2) is 5.78 Å². The highest BCUT2D eigenvalue weighted by Crippen LogP contribution is 2.33. The minimum atomic E-state index is -0.737. The molecule has 0 bridgehead atoms. The molecule has 4 aromatic rings. The van der Waals surface area contributed by atoms with Gasteiger partial charge in [-0.15, -0.1) is 0 Å². The number of likely N-dealkylation sites (N-methyl/N-ethyl adjacent to an activating group) is 1. The third kappa shape index (κ3) is 6.48. The van der Waals surface area contributed by atoms with Crippen LogP contribution in [-0.2, 0) is 27.2 Å². The number of ketones is 1. The predicted octanol–water partition coefficient (Wildman–Crippen LogP) is 5.76. The summed E-state index contributed by atoms with van der Waals surface area (Å²) in [6.45, 7) is 4.15. The van der Waals surface area contributed by atoms with E-state index in [0.717, 1.165) is 40.1 Å². The molecule has 41 heavy (non-hydrogen) atoms. The van der Waals surface area contributed by atoms with E-state index < -0.39 is 12.0 Å². The zero-order chi connectivity index (χ0) is 28.9. The number of nitrogens with one attached hydrogen (secondary N) is 1. The molecule has 1 aromatic heterocycles. The smallest absolute Gasteiger partial charge is 0.242 e. The van der Waals surface area contributed by atoms with E-state index in [0.29, 0.717) is 19.3 Å². The number of aryl methyl sites for hydroxylation is 1. The summed E-state index contributed by atoms with van der Waals surface area (Å²) in [5, 5.41) is 6.05. The highest BCUT2D eigenvalue weighted by atomic mass is 16.2. The van der Waals surface area contributed by atoms with Gasteiger partial charge < -0.3 is 10.2 Å². The van der Waals surface area contributed by atoms with Crippen LogP contribution >= 0.6 is 0 Å². The van der Waals surface area contributed by atoms with Crippen molar-refractivity contribution in [3.63, 3.8) is 0 Å². The van der Waals surface area contributed by atoms with Crippen molar-refractivity contribution in [1.82, 2.24) is 15.2 Å². The number of pyridine rings is 1. The molecule has 0 saturated carbocycles. The summed E-state index contributed by atoms with van der Waals surface area (Å²) < 4.78 is 0. The van der Waals surface area contributed by atoms with Crippen molar-refractivity contribution in [2.75, 3.05) is 13.6 Å². The topological polar surface area (TPSA) is 79.4 Å². The Morgan fingerprint density at radius 2 is 1.66 bits per heavy atom. The summed E-state index contributed by atoms with van der Waals surface area (Å²) in [6.07, 6.45) is 5.10. The van der Waals surface area contributed by atoms with Gasteiger partial charge in [0, 0.05) is 36.9 Å². The van der Waals surface area contributed by atoms with Gasteiger partial charge in [0.25, 0.3) is 0 Å². The molecule has 6 nitrogen and oxygen atoms in total. The van der Waals surface area contributed by atoms with Crippen LogP contribution in [0, 0.1) is 17.8 Å². The van der Waals surface area contributed by atoms with Crippen LogP contribution in [0.1, 0.15) is 44.2 Å². The number of carbonyl (C=O) groups excluding carboxylic acids is 3. The molecule has 1 unspecified atom stereocenters. The molecule has 2 amide bonds. The summed E-state index contributed by atoms with van der Waals surface area (Å²) in [7, 11) is 1.59. The molecule has 1 saturated heterocycles. The molecular weight excluding hydrogens is 510 g/mol. The summed E-state index contributed by atoms with van der Waals surface area (Å²) in [6, 6.07) is 23.7. The SMILES string of the molecule is CNC(=O)[C@H](Cc1ccc2ccccc2c1)N1CC(=O)C(CCCc2ccc3ncccc3c2)[C@@H](CC(C)C)C1=O. The summed E-state index contributed by atoms with van der Waals surface area (Å²) >= 11 is 0. The monoisotopic (exact) mass is 549 g/mol. The maximum absolute atomic E-state index is 14.0. The maximum Gasteiger partial charge on any atom is 0.242 e. The number of hydrogen-bond acceptors (Lipinski definition) is 4. The lowest BCUT2D eigenvalue weighted by molar-refractivity contribution is -0.155. The Hall–Kier alpha value is -4.06. The largest absolute Gasteiger partial charge is 0.357 e. The Morgan fingerprint density at radius 1 is 0.927 bits per heavy atom. The lowest BCUT2D eigenvalue weighted by atomic mass is 9.75. The molecule has 3 atom stereocenters. The number of aromatic nitrogens is 1. The standard InChI is InChI=1S/C35H39N3O3/c1-23(2)18-30-29(12-6-8-24-14-16-31-28(19-24)11-7-17-37-31)33(39)22-38(35(30)41)32(34(40)36-3)21-25-13-15-26-9-4-5-10-27(26)20-25/h4-5,7,9-11,13-17,19-20,23,29-30,32H,6,8,12,18,21-22H2,1-3H3,(H,36,40)/t29?,30-,32+/m1/s1. The van der Waals surface area contributed by atoms with Gasteiger partial charge in [-0.1, -0.05) is 68.4 Å². The van der Waals surface area contributed by atoms with E-state index in [1.807, 2.05) is 42.5 Å². The molecule has 2 heterocycles. The molecule has 0 aliphatic carbocycles. The number of piperidine rings is 1. The van der Waals surface area contributed by atoms with Crippen LogP contribution in [0.4, 0.5) is 0 Å². The van der Waals surface area contributed by atoms with Gasteiger partial charge in [0.1, 0.15) is 6.04 Å². The lowest BCUT2D eigenvalue weighted by Gasteiger charge is -2.41. The molecule has 1 aliphatic heterocycles. The number of likely N-dealkylation sites (tertiary alicyclic amines) is 1. The van der Waals surface area contributed by atoms with E-state index in [9.17, 15) is 14.4 Å². The summed E-state index contributed by atoms with van der Waals surface area (Å²) in [4.78, 5) is 46.8. The minimum Gasteiger partial charge on any atom is -0.357 e. The number of rotatable bonds is 10. The number of carbonyl (C=O) groups is 3. The van der Waals surface area contributed by atoms with Crippen LogP contribution in [0.3, 0.4) is 0 Å². The van der Waals surface area contributed by atoms with Gasteiger partial charge in [0.2, 0.25) is 11.8 Å². The van der Waals surface area contributed by atoms with Gasteiger partial charge in [0.05, 0.1) is 12.1 Å². The molecule has 1 aliphatic rings. The molecule has 212 valence electrons. The summed E-state index contributed by atoms with van der Waals surface area (Å²) in [5.41, 5.74) is 3.14. The van der Waals surface area contributed by atoms with Gasteiger partial charge >= 0.3 is 0 Å². The quantitative estimate of drug-likeness (QED) is 0.273. The first-order valence-electron chi connectivity index (χ1n) is 14.7. The third-order valence-corrected chi connectivity index (χ3v) is 8.37. The second kappa shape index (κ2) is 12.6. The number of Topliss-reactive ketones (excluding diaryl/α,β-unsaturated/α-hetero) is 1. The highest BCUT2D eigenvalue weighted by molar-refractivity contribution is 5.99. The molecule has 6 heteroatoms. The van der Waals surface area contributed by atoms with Crippen molar-refractivity contribution in [3.8, 4) is 0 Å². The van der Waals surface area contributed by atoms with Crippen LogP contribution in [0.5, 0.6) is 0 Å². The predicted molar refractivity (Wildman–Crippen MR) is 163 cm³/mol. The second-order valence-electron chi connectivity index (χ2n) is 11.7. The average molecular weight is 550 g/mol. The Kier molecular flexibility index (Phi) is 8.77. The summed E-state index contributed by atoms with van der Waals surface area (Å²) in [5.74, 6) is -0.743. The van der Waals surface area contributed by atoms with E-state index in [4.69, 9.17) is 0 Å². The molecule has 3 aromatic carbocycles. The molecule has 1 N–H and O–H groups in total. The molecule has 1 fully saturated rings. The Balaban J connectivity index is 1.33. The number of amides is 2. The fraction of sp³-hybridized carbons (Fsp3) is 0.371. The Labute approximate surface area is 242 Å². The normalized spacial score (nSPS) is 18.3. The van der Waals surface area contributed by atoms with Crippen LogP contribution in [0.15, 0.2) is 79.0 Å². The molecule has 0 radical (unpaired) electrons. The van der Waals surface area contributed by atoms with Crippen molar-refractivity contribution in [1.29, 1.82) is 0 Å². The van der Waals surface area contributed by atoms with Crippen molar-refractivity contribution in [3.05, 3.63) is 90.1 Å². The number of benzene rings is 3. The van der Waals surface area contributed by atoms with Crippen molar-refractivity contribution in [2.45, 2.75) is 52.0 Å². The number of nitrogens with zero attached hydrogens (tertiary/aromatic N) is 2. The van der Waals surface area contributed by atoms with Gasteiger partial charge in [-0.05, 0) is 71.7 Å². The van der Waals surface area contributed by atoms with Crippen LogP contribution in [-0.4, -0.2) is 47.1 Å². The van der Waals surface area contributed by atoms with Crippen molar-refractivity contribution in [2.24, 2.45) is 17.8 Å². The lowest BCUT2D eigenvalue weighted by Crippen LogP contribution is -2.59. The third-order valence-electron chi connectivity index (χ3n) is 8.37. The van der Waals surface area contributed by atoms with E-state index in [1.165, 1.54) is 5.56 Å². The van der Waals surface area contributed by atoms with Gasteiger partial charge in [-0.25, -0.2) is 0 Å². The highest BCUT2D eigenvalue weighted by Gasteiger charge is 2.45.